The summed E-state index contributed by atoms with van der Waals surface area (Å²) in [6, 6.07) is 7.47. The van der Waals surface area contributed by atoms with Crippen LogP contribution in [0.4, 0.5) is 10.1 Å². The molecule has 2 amide bonds. The van der Waals surface area contributed by atoms with Gasteiger partial charge in [-0.15, -0.1) is 11.6 Å². The lowest BCUT2D eigenvalue weighted by Crippen LogP contribution is -2.46. The lowest BCUT2D eigenvalue weighted by Gasteiger charge is -2.34. The van der Waals surface area contributed by atoms with Gasteiger partial charge in [-0.1, -0.05) is 12.1 Å². The van der Waals surface area contributed by atoms with Crippen molar-refractivity contribution in [3.8, 4) is 5.88 Å². The molecular formula is C22H23ClFN3O4. The van der Waals surface area contributed by atoms with Crippen LogP contribution in [-0.2, 0) is 16.0 Å². The van der Waals surface area contributed by atoms with E-state index in [1.165, 1.54) is 12.1 Å². The molecule has 4 rings (SSSR count). The van der Waals surface area contributed by atoms with E-state index in [4.69, 9.17) is 21.1 Å². The smallest absolute Gasteiger partial charge is 0.270 e. The van der Waals surface area contributed by atoms with Crippen LogP contribution in [0.25, 0.3) is 0 Å². The standard InChI is InChI=1S/C22H23ClFN3O4/c1-13-11-31-22-18(27(13)19(28)10-23)9-15(8-14-2-4-16(24)5-3-14)20(26-22)21(29)25-17-6-7-30-12-17/h2-5,9,13,17H,6-8,10-12H2,1H3,(H,25,29)/t13-,17+/m0/s1. The molecule has 2 aliphatic rings. The summed E-state index contributed by atoms with van der Waals surface area (Å²) in [5.41, 5.74) is 2.10. The third-order valence-corrected chi connectivity index (χ3v) is 5.61. The van der Waals surface area contributed by atoms with Crippen LogP contribution < -0.4 is 15.0 Å². The Labute approximate surface area is 184 Å². The summed E-state index contributed by atoms with van der Waals surface area (Å²) in [6.07, 6.45) is 1.07. The Morgan fingerprint density at radius 3 is 2.74 bits per heavy atom. The van der Waals surface area contributed by atoms with Crippen LogP contribution in [0.5, 0.6) is 5.88 Å². The van der Waals surface area contributed by atoms with Crippen molar-refractivity contribution >= 4 is 29.1 Å². The molecule has 0 radical (unpaired) electrons. The molecule has 2 atom stereocenters. The highest BCUT2D eigenvalue weighted by Gasteiger charge is 2.32. The molecule has 2 aromatic rings. The summed E-state index contributed by atoms with van der Waals surface area (Å²) < 4.78 is 24.4. The van der Waals surface area contributed by atoms with Gasteiger partial charge in [0, 0.05) is 6.61 Å². The van der Waals surface area contributed by atoms with Gasteiger partial charge >= 0.3 is 0 Å². The van der Waals surface area contributed by atoms with Crippen molar-refractivity contribution in [2.75, 3.05) is 30.6 Å². The van der Waals surface area contributed by atoms with Gasteiger partial charge in [-0.3, -0.25) is 9.59 Å². The number of benzene rings is 1. The number of hydrogen-bond donors (Lipinski definition) is 1. The van der Waals surface area contributed by atoms with E-state index in [1.807, 2.05) is 6.92 Å². The number of amides is 2. The zero-order valence-electron chi connectivity index (χ0n) is 17.1. The monoisotopic (exact) mass is 447 g/mol. The maximum atomic E-state index is 13.3. The van der Waals surface area contributed by atoms with Crippen LogP contribution in [-0.4, -0.2) is 54.6 Å². The first-order valence-electron chi connectivity index (χ1n) is 10.1. The molecule has 7 nitrogen and oxygen atoms in total. The van der Waals surface area contributed by atoms with Gasteiger partial charge < -0.3 is 19.7 Å². The number of rotatable bonds is 5. The van der Waals surface area contributed by atoms with Crippen LogP contribution in [0.3, 0.4) is 0 Å². The maximum absolute atomic E-state index is 13.3. The summed E-state index contributed by atoms with van der Waals surface area (Å²) in [6.45, 7) is 3.16. The largest absolute Gasteiger partial charge is 0.474 e. The van der Waals surface area contributed by atoms with Gasteiger partial charge in [0.25, 0.3) is 5.91 Å². The van der Waals surface area contributed by atoms with Crippen molar-refractivity contribution in [2.24, 2.45) is 0 Å². The number of ether oxygens (including phenoxy) is 2. The highest BCUT2D eigenvalue weighted by atomic mass is 35.5. The molecule has 0 unspecified atom stereocenters. The van der Waals surface area contributed by atoms with Gasteiger partial charge in [-0.25, -0.2) is 9.37 Å². The molecular weight excluding hydrogens is 425 g/mol. The summed E-state index contributed by atoms with van der Waals surface area (Å²) in [5.74, 6) is -0.914. The minimum Gasteiger partial charge on any atom is -0.474 e. The summed E-state index contributed by atoms with van der Waals surface area (Å²) in [4.78, 5) is 31.6. The van der Waals surface area contributed by atoms with Gasteiger partial charge in [-0.2, -0.15) is 0 Å². The van der Waals surface area contributed by atoms with Crippen molar-refractivity contribution in [3.63, 3.8) is 0 Å². The molecule has 0 spiro atoms. The quantitative estimate of drug-likeness (QED) is 0.713. The second-order valence-electron chi connectivity index (χ2n) is 7.71. The Hall–Kier alpha value is -2.71. The fraction of sp³-hybridized carbons (Fsp3) is 0.409. The zero-order chi connectivity index (χ0) is 22.0. The van der Waals surface area contributed by atoms with Crippen LogP contribution in [0.15, 0.2) is 30.3 Å². The first-order chi connectivity index (χ1) is 15.0. The molecule has 0 bridgehead atoms. The Balaban J connectivity index is 1.74. The Kier molecular flexibility index (Phi) is 6.38. The normalized spacial score (nSPS) is 20.2. The molecule has 164 valence electrons. The number of aromatic nitrogens is 1. The molecule has 31 heavy (non-hydrogen) atoms. The number of carbonyl (C=O) groups is 2. The molecule has 0 aliphatic carbocycles. The first-order valence-corrected chi connectivity index (χ1v) is 10.7. The van der Waals surface area contributed by atoms with Crippen molar-refractivity contribution in [3.05, 3.63) is 53.0 Å². The number of halogens is 2. The van der Waals surface area contributed by atoms with Crippen LogP contribution in [0.2, 0.25) is 0 Å². The highest BCUT2D eigenvalue weighted by molar-refractivity contribution is 6.29. The van der Waals surface area contributed by atoms with Gasteiger partial charge in [0.2, 0.25) is 11.8 Å². The van der Waals surface area contributed by atoms with Crippen molar-refractivity contribution in [1.29, 1.82) is 0 Å². The van der Waals surface area contributed by atoms with Crippen molar-refractivity contribution in [1.82, 2.24) is 10.3 Å². The van der Waals surface area contributed by atoms with Gasteiger partial charge in [-0.05, 0) is 49.1 Å². The fourth-order valence-corrected chi connectivity index (χ4v) is 3.94. The number of alkyl halides is 1. The second kappa shape index (κ2) is 9.20. The van der Waals surface area contributed by atoms with E-state index in [1.54, 1.807) is 23.1 Å². The van der Waals surface area contributed by atoms with Crippen molar-refractivity contribution < 1.29 is 23.5 Å². The molecule has 3 heterocycles. The summed E-state index contributed by atoms with van der Waals surface area (Å²) in [7, 11) is 0. The Bertz CT molecular complexity index is 979. The molecule has 1 aromatic heterocycles. The van der Waals surface area contributed by atoms with E-state index < -0.39 is 0 Å². The van der Waals surface area contributed by atoms with Gasteiger partial charge in [0.1, 0.15) is 29.7 Å². The summed E-state index contributed by atoms with van der Waals surface area (Å²) >= 11 is 5.81. The van der Waals surface area contributed by atoms with Crippen LogP contribution in [0.1, 0.15) is 35.0 Å². The number of carbonyl (C=O) groups excluding carboxylic acids is 2. The average Bonchev–Trinajstić information content (AvgIpc) is 3.27. The Morgan fingerprint density at radius 1 is 1.29 bits per heavy atom. The van der Waals surface area contributed by atoms with Crippen LogP contribution >= 0.6 is 11.6 Å². The predicted octanol–water partition coefficient (Wildman–Crippen LogP) is 2.68. The van der Waals surface area contributed by atoms with Crippen molar-refractivity contribution in [2.45, 2.75) is 31.8 Å². The number of nitrogens with zero attached hydrogens (tertiary/aromatic N) is 2. The third-order valence-electron chi connectivity index (χ3n) is 5.38. The molecule has 1 aromatic carbocycles. The lowest BCUT2D eigenvalue weighted by atomic mass is 10.0. The number of hydrogen-bond acceptors (Lipinski definition) is 5. The van der Waals surface area contributed by atoms with E-state index in [2.05, 4.69) is 10.3 Å². The number of fused-ring (bicyclic) bond motifs is 1. The topological polar surface area (TPSA) is 80.8 Å². The fourth-order valence-electron chi connectivity index (χ4n) is 3.82. The van der Waals surface area contributed by atoms with Gasteiger partial charge in [0.05, 0.1) is 18.7 Å². The first kappa shape index (κ1) is 21.5. The zero-order valence-corrected chi connectivity index (χ0v) is 17.8. The molecule has 0 saturated carbocycles. The molecule has 1 N–H and O–H groups in total. The summed E-state index contributed by atoms with van der Waals surface area (Å²) in [5, 5.41) is 2.95. The molecule has 1 fully saturated rings. The lowest BCUT2D eigenvalue weighted by molar-refractivity contribution is -0.117. The van der Waals surface area contributed by atoms with E-state index in [-0.39, 0.29) is 53.8 Å². The molecule has 2 aliphatic heterocycles. The minimum atomic E-state index is -0.340. The van der Waals surface area contributed by atoms with E-state index >= 15 is 0 Å². The SMILES string of the molecule is C[C@H]1COc2nc(C(=O)N[C@@H]3CCOC3)c(Cc3ccc(F)cc3)cc2N1C(=O)CCl. The van der Waals surface area contributed by atoms with E-state index in [9.17, 15) is 14.0 Å². The highest BCUT2D eigenvalue weighted by Crippen LogP contribution is 2.35. The number of nitrogens with one attached hydrogen (secondary N) is 1. The predicted molar refractivity (Wildman–Crippen MR) is 113 cm³/mol. The average molecular weight is 448 g/mol. The van der Waals surface area contributed by atoms with Crippen LogP contribution in [0, 0.1) is 5.82 Å². The second-order valence-corrected chi connectivity index (χ2v) is 7.98. The third kappa shape index (κ3) is 4.65. The Morgan fingerprint density at radius 2 is 2.06 bits per heavy atom. The number of anilines is 1. The number of pyridine rings is 1. The molecule has 9 heteroatoms. The minimum absolute atomic E-state index is 0.0840. The van der Waals surface area contributed by atoms with E-state index in [0.29, 0.717) is 30.9 Å². The maximum Gasteiger partial charge on any atom is 0.270 e. The van der Waals surface area contributed by atoms with E-state index in [0.717, 1.165) is 12.0 Å². The van der Waals surface area contributed by atoms with Gasteiger partial charge in [0.15, 0.2) is 0 Å². The molecule has 1 saturated heterocycles.